The Kier molecular flexibility index (Phi) is 17.0. The van der Waals surface area contributed by atoms with Gasteiger partial charge in [-0.15, -0.1) is 0 Å². The van der Waals surface area contributed by atoms with Crippen LogP contribution in [0, 0.1) is 0 Å². The Morgan fingerprint density at radius 3 is 0.704 bits per heavy atom. The molecular formula is C126H78N6O3. The highest BCUT2D eigenvalue weighted by molar-refractivity contribution is 6.29. The molecule has 0 N–H and O–H groups in total. The van der Waals surface area contributed by atoms with Crippen LogP contribution in [-0.2, 0) is 0 Å². The molecule has 0 unspecified atom stereocenters. The minimum absolute atomic E-state index is 0.903. The van der Waals surface area contributed by atoms with Gasteiger partial charge in [-0.25, -0.2) is 0 Å². The fourth-order valence-electron chi connectivity index (χ4n) is 22.0. The van der Waals surface area contributed by atoms with Crippen LogP contribution in [0.4, 0.5) is 0 Å². The molecule has 0 bridgehead atoms. The lowest BCUT2D eigenvalue weighted by molar-refractivity contribution is 0.670. The minimum atomic E-state index is 0.903. The predicted molar refractivity (Wildman–Crippen MR) is 564 cm³/mol. The third kappa shape index (κ3) is 11.8. The van der Waals surface area contributed by atoms with Crippen molar-refractivity contribution in [3.8, 4) is 67.5 Å². The average Bonchev–Trinajstić information content (AvgIpc) is 1.55. The Morgan fingerprint density at radius 1 is 0.119 bits per heavy atom. The fourth-order valence-corrected chi connectivity index (χ4v) is 22.0. The lowest BCUT2D eigenvalue weighted by Crippen LogP contribution is -1.97. The first kappa shape index (κ1) is 75.8. The van der Waals surface area contributed by atoms with E-state index in [4.69, 9.17) is 13.3 Å². The predicted octanol–water partition coefficient (Wildman–Crippen LogP) is 34.3. The summed E-state index contributed by atoms with van der Waals surface area (Å²) in [6.45, 7) is 0. The molecule has 9 heteroatoms. The van der Waals surface area contributed by atoms with Crippen LogP contribution in [0.15, 0.2) is 486 Å². The fraction of sp³-hybridized carbons (Fsp3) is 0. The number of aromatic nitrogens is 6. The molecule has 21 aromatic carbocycles. The Balaban J connectivity index is 0.000000101. The summed E-state index contributed by atoms with van der Waals surface area (Å²) in [5, 5.41) is 21.4. The van der Waals surface area contributed by atoms with Crippen molar-refractivity contribution in [1.29, 1.82) is 0 Å². The standard InChI is InChI=1S/C48H30N2O.C42H26N2O.C36H22N2O/c1-4-14-31(15-5-1)33-26-34(32-16-6-2-7-17-32)28-36(27-33)49-43-22-12-10-20-37(43)41-29-42-39-24-25-40-38-21-11-13-23-46(38)51-48(40)47(39)50(45(42)30-44(41)49)35-18-8-3-9-19-35;1-3-12-27(13-4-1)28-14-11-17-30(24-28)43-37-20-9-7-18-31(37)35-25-36-33-22-23-34-32-19-8-10-21-40(32)45-42(34)41(33)44(39(36)26-38(35)43)29-15-5-2-6-16-29;1-3-11-23(12-4-1)37-31-17-9-7-15-25(31)29-21-30-27-19-20-28-26-16-8-10-18-34(26)39-36(28)35(27)38(33(30)22-32(29)37)24-13-5-2-6-14-24/h1-30H;1-26H;1-22H. The quantitative estimate of drug-likeness (QED) is 0.145. The molecule has 9 heterocycles. The van der Waals surface area contributed by atoms with E-state index in [1.807, 2.05) is 18.2 Å². The summed E-state index contributed by atoms with van der Waals surface area (Å²) >= 11 is 0. The molecule has 0 amide bonds. The lowest BCUT2D eigenvalue weighted by atomic mass is 9.98. The summed E-state index contributed by atoms with van der Waals surface area (Å²) in [4.78, 5) is 0. The number of hydrogen-bond donors (Lipinski definition) is 0. The molecule has 0 saturated carbocycles. The Bertz CT molecular complexity index is 9990. The molecule has 0 radical (unpaired) electrons. The van der Waals surface area contributed by atoms with Crippen LogP contribution >= 0.6 is 0 Å². The summed E-state index contributed by atoms with van der Waals surface area (Å²) in [7, 11) is 0. The van der Waals surface area contributed by atoms with E-state index in [2.05, 4.69) is 482 Å². The van der Waals surface area contributed by atoms with Gasteiger partial charge in [0.15, 0.2) is 16.7 Å². The van der Waals surface area contributed by atoms with Crippen LogP contribution in [0.1, 0.15) is 0 Å². The smallest absolute Gasteiger partial charge is 0.160 e. The van der Waals surface area contributed by atoms with Crippen LogP contribution in [0.2, 0.25) is 0 Å². The number of hydrogen-bond acceptors (Lipinski definition) is 3. The van der Waals surface area contributed by atoms with Gasteiger partial charge in [0.2, 0.25) is 0 Å². The number of fused-ring (bicyclic) bond motifs is 30. The van der Waals surface area contributed by atoms with Gasteiger partial charge in [-0.1, -0.05) is 303 Å². The van der Waals surface area contributed by atoms with E-state index in [0.29, 0.717) is 0 Å². The first-order chi connectivity index (χ1) is 67.0. The van der Waals surface area contributed by atoms with Crippen LogP contribution in [0.3, 0.4) is 0 Å². The molecule has 9 aromatic heterocycles. The molecule has 0 fully saturated rings. The van der Waals surface area contributed by atoms with Gasteiger partial charge < -0.3 is 40.7 Å². The molecule has 0 aliphatic heterocycles. The molecular weight excluding hydrogens is 1650 g/mol. The molecule has 30 rings (SSSR count). The van der Waals surface area contributed by atoms with E-state index in [9.17, 15) is 0 Å². The molecule has 30 aromatic rings. The topological polar surface area (TPSA) is 69.0 Å². The molecule has 0 spiro atoms. The van der Waals surface area contributed by atoms with Gasteiger partial charge in [-0.2, -0.15) is 0 Å². The van der Waals surface area contributed by atoms with E-state index < -0.39 is 0 Å². The van der Waals surface area contributed by atoms with Crippen LogP contribution < -0.4 is 0 Å². The van der Waals surface area contributed by atoms with Crippen molar-refractivity contribution in [2.24, 2.45) is 0 Å². The molecule has 9 nitrogen and oxygen atoms in total. The Morgan fingerprint density at radius 2 is 0.356 bits per heavy atom. The van der Waals surface area contributed by atoms with Crippen molar-refractivity contribution in [2.75, 3.05) is 0 Å². The van der Waals surface area contributed by atoms with Crippen molar-refractivity contribution in [3.63, 3.8) is 0 Å². The van der Waals surface area contributed by atoms with E-state index in [1.54, 1.807) is 0 Å². The van der Waals surface area contributed by atoms with Crippen LogP contribution in [0.25, 0.3) is 264 Å². The Hall–Kier alpha value is -18.2. The summed E-state index contributed by atoms with van der Waals surface area (Å²) in [5.41, 5.74) is 33.3. The minimum Gasteiger partial charge on any atom is -0.454 e. The SMILES string of the molecule is c1ccc(-c2cc(-c3ccccc3)cc(-n3c4ccccc4c4cc5c6ccc7c8ccccc8oc7c6n(-c6ccccc6)c5cc43)c2)cc1.c1ccc(-c2cccc(-n3c4ccccc4c4cc5c6ccc7c8ccccc8oc7c6n(-c6ccccc6)c5cc43)c2)cc1.c1ccc(-n2c3ccccc3c3cc4c5ccc6c7ccccc7oc6c5n(-c5ccccc5)c4cc32)cc1. The van der Waals surface area contributed by atoms with Gasteiger partial charge in [-0.3, -0.25) is 0 Å². The molecule has 630 valence electrons. The van der Waals surface area contributed by atoms with Crippen molar-refractivity contribution in [2.45, 2.75) is 0 Å². The second-order valence-electron chi connectivity index (χ2n) is 35.3. The number of nitrogens with zero attached hydrogens (tertiary/aromatic N) is 6. The zero-order chi connectivity index (χ0) is 88.5. The van der Waals surface area contributed by atoms with Crippen molar-refractivity contribution < 1.29 is 13.3 Å². The summed E-state index contributed by atoms with van der Waals surface area (Å²) in [5.74, 6) is 0. The van der Waals surface area contributed by atoms with Gasteiger partial charge in [0.1, 0.15) is 16.7 Å². The zero-order valence-corrected chi connectivity index (χ0v) is 72.9. The molecule has 0 aliphatic carbocycles. The molecule has 0 saturated heterocycles. The van der Waals surface area contributed by atoms with Crippen molar-refractivity contribution in [3.05, 3.63) is 473 Å². The van der Waals surface area contributed by atoms with Crippen LogP contribution in [0.5, 0.6) is 0 Å². The maximum atomic E-state index is 6.68. The first-order valence-corrected chi connectivity index (χ1v) is 46.1. The third-order valence-corrected chi connectivity index (χ3v) is 27.9. The normalized spacial score (nSPS) is 12.0. The highest BCUT2D eigenvalue weighted by Gasteiger charge is 2.28. The van der Waals surface area contributed by atoms with Gasteiger partial charge in [0, 0.05) is 131 Å². The summed E-state index contributed by atoms with van der Waals surface area (Å²) in [6.07, 6.45) is 0. The van der Waals surface area contributed by atoms with Crippen molar-refractivity contribution >= 4 is 197 Å². The number of furan rings is 3. The lowest BCUT2D eigenvalue weighted by Gasteiger charge is -2.14. The molecule has 0 atom stereocenters. The maximum Gasteiger partial charge on any atom is 0.160 e. The second-order valence-corrected chi connectivity index (χ2v) is 35.3. The van der Waals surface area contributed by atoms with E-state index in [1.165, 1.54) is 126 Å². The summed E-state index contributed by atoms with van der Waals surface area (Å²) in [6, 6.07) is 169. The van der Waals surface area contributed by atoms with E-state index in [-0.39, 0.29) is 0 Å². The second kappa shape index (κ2) is 30.2. The first-order valence-electron chi connectivity index (χ1n) is 46.1. The third-order valence-electron chi connectivity index (χ3n) is 27.9. The summed E-state index contributed by atoms with van der Waals surface area (Å²) < 4.78 is 34.3. The largest absolute Gasteiger partial charge is 0.454 e. The van der Waals surface area contributed by atoms with Gasteiger partial charge in [0.25, 0.3) is 0 Å². The number of rotatable bonds is 9. The highest BCUT2D eigenvalue weighted by Crippen LogP contribution is 2.50. The number of benzene rings is 21. The van der Waals surface area contributed by atoms with E-state index in [0.717, 1.165) is 139 Å². The van der Waals surface area contributed by atoms with Gasteiger partial charge >= 0.3 is 0 Å². The van der Waals surface area contributed by atoms with Crippen LogP contribution in [-0.4, -0.2) is 27.4 Å². The van der Waals surface area contributed by atoms with Gasteiger partial charge in [-0.05, 0) is 203 Å². The van der Waals surface area contributed by atoms with Crippen molar-refractivity contribution in [1.82, 2.24) is 27.4 Å². The average molecular weight is 1720 g/mol. The molecule has 0 aliphatic rings. The van der Waals surface area contributed by atoms with E-state index >= 15 is 0 Å². The zero-order valence-electron chi connectivity index (χ0n) is 72.9. The molecule has 135 heavy (non-hydrogen) atoms. The maximum absolute atomic E-state index is 6.68. The van der Waals surface area contributed by atoms with Gasteiger partial charge in [0.05, 0.1) is 66.2 Å². The monoisotopic (exact) mass is 1720 g/mol. The highest BCUT2D eigenvalue weighted by atomic mass is 16.3. The number of para-hydroxylation sites is 10. The Labute approximate surface area is 772 Å².